The summed E-state index contributed by atoms with van der Waals surface area (Å²) < 4.78 is 39.0. The third-order valence-corrected chi connectivity index (χ3v) is 6.75. The summed E-state index contributed by atoms with van der Waals surface area (Å²) in [4.78, 5) is 12.6. The van der Waals surface area contributed by atoms with Crippen molar-refractivity contribution in [3.05, 3.63) is 83.6 Å². The largest absolute Gasteiger partial charge is 0.497 e. The molecule has 2 N–H and O–H groups in total. The van der Waals surface area contributed by atoms with Crippen molar-refractivity contribution in [2.24, 2.45) is 0 Å². The van der Waals surface area contributed by atoms with E-state index in [1.807, 2.05) is 44.2 Å². The van der Waals surface area contributed by atoms with Gasteiger partial charge in [-0.1, -0.05) is 18.2 Å². The first-order valence-corrected chi connectivity index (χ1v) is 11.8. The number of sulfonamides is 1. The lowest BCUT2D eigenvalue weighted by Crippen LogP contribution is -2.16. The number of carbonyl (C=O) groups is 1. The highest BCUT2D eigenvalue weighted by Gasteiger charge is 2.17. The fourth-order valence-corrected chi connectivity index (χ4v) is 4.79. The predicted octanol–water partition coefficient (Wildman–Crippen LogP) is 5.04. The minimum atomic E-state index is -3.76. The number of fused-ring (bicyclic) bond motifs is 1. The lowest BCUT2D eigenvalue weighted by Gasteiger charge is -2.13. The van der Waals surface area contributed by atoms with Gasteiger partial charge in [-0.15, -0.1) is 0 Å². The van der Waals surface area contributed by atoms with Gasteiger partial charge in [-0.2, -0.15) is 0 Å². The molecule has 0 spiro atoms. The molecule has 33 heavy (non-hydrogen) atoms. The van der Waals surface area contributed by atoms with Gasteiger partial charge in [-0.05, 0) is 61.4 Å². The van der Waals surface area contributed by atoms with Crippen molar-refractivity contribution in [3.8, 4) is 5.75 Å². The van der Waals surface area contributed by atoms with Gasteiger partial charge in [-0.25, -0.2) is 8.42 Å². The zero-order chi connectivity index (χ0) is 23.6. The minimum Gasteiger partial charge on any atom is -0.497 e. The van der Waals surface area contributed by atoms with Crippen LogP contribution in [0, 0.1) is 13.8 Å². The molecule has 4 aromatic rings. The maximum absolute atomic E-state index is 12.8. The summed E-state index contributed by atoms with van der Waals surface area (Å²) in [6.45, 7) is 3.70. The SMILES string of the molecule is COc1ccc2c(CC(=O)Nc3ccc(S(=O)(=O)Nc4c(C)cccc4C)cc3)coc2c1. The number of methoxy groups -OCH3 is 1. The molecule has 0 fully saturated rings. The summed E-state index contributed by atoms with van der Waals surface area (Å²) in [6.07, 6.45) is 1.67. The molecule has 0 unspecified atom stereocenters. The molecule has 3 aromatic carbocycles. The maximum atomic E-state index is 12.8. The van der Waals surface area contributed by atoms with E-state index in [-0.39, 0.29) is 17.2 Å². The smallest absolute Gasteiger partial charge is 0.261 e. The molecule has 0 atom stereocenters. The quantitative estimate of drug-likeness (QED) is 0.399. The van der Waals surface area contributed by atoms with E-state index in [1.165, 1.54) is 12.1 Å². The van der Waals surface area contributed by atoms with E-state index >= 15 is 0 Å². The Morgan fingerprint density at radius 1 is 1.00 bits per heavy atom. The summed E-state index contributed by atoms with van der Waals surface area (Å²) in [6, 6.07) is 17.1. The fourth-order valence-electron chi connectivity index (χ4n) is 3.59. The third-order valence-electron chi connectivity index (χ3n) is 5.38. The van der Waals surface area contributed by atoms with Crippen LogP contribution in [-0.2, 0) is 21.2 Å². The van der Waals surface area contributed by atoms with Crippen LogP contribution in [0.1, 0.15) is 16.7 Å². The monoisotopic (exact) mass is 464 g/mol. The van der Waals surface area contributed by atoms with Crippen molar-refractivity contribution >= 4 is 38.3 Å². The Balaban J connectivity index is 1.44. The van der Waals surface area contributed by atoms with Gasteiger partial charge in [0, 0.05) is 22.7 Å². The number of nitrogens with one attached hydrogen (secondary N) is 2. The molecule has 8 heteroatoms. The van der Waals surface area contributed by atoms with Crippen LogP contribution in [0.3, 0.4) is 0 Å². The number of benzene rings is 3. The van der Waals surface area contributed by atoms with E-state index in [4.69, 9.17) is 9.15 Å². The summed E-state index contributed by atoms with van der Waals surface area (Å²) in [7, 11) is -2.18. The molecule has 0 radical (unpaired) electrons. The van der Waals surface area contributed by atoms with Crippen molar-refractivity contribution in [2.45, 2.75) is 25.2 Å². The van der Waals surface area contributed by atoms with Crippen molar-refractivity contribution in [3.63, 3.8) is 0 Å². The van der Waals surface area contributed by atoms with Gasteiger partial charge in [0.15, 0.2) is 0 Å². The molecular formula is C25H24N2O5S. The van der Waals surface area contributed by atoms with E-state index in [1.54, 1.807) is 31.6 Å². The summed E-state index contributed by atoms with van der Waals surface area (Å²) >= 11 is 0. The van der Waals surface area contributed by atoms with Gasteiger partial charge >= 0.3 is 0 Å². The number of anilines is 2. The number of ether oxygens (including phenoxy) is 1. The Bertz CT molecular complexity index is 1400. The van der Waals surface area contributed by atoms with E-state index in [2.05, 4.69) is 10.0 Å². The maximum Gasteiger partial charge on any atom is 0.261 e. The minimum absolute atomic E-state index is 0.109. The highest BCUT2D eigenvalue weighted by molar-refractivity contribution is 7.92. The van der Waals surface area contributed by atoms with E-state index < -0.39 is 10.0 Å². The summed E-state index contributed by atoms with van der Waals surface area (Å²) in [5, 5.41) is 3.63. The van der Waals surface area contributed by atoms with Crippen LogP contribution >= 0.6 is 0 Å². The molecule has 1 aromatic heterocycles. The van der Waals surface area contributed by atoms with Crippen molar-refractivity contribution < 1.29 is 22.4 Å². The first-order valence-electron chi connectivity index (χ1n) is 10.3. The molecule has 0 aliphatic heterocycles. The Morgan fingerprint density at radius 3 is 2.36 bits per heavy atom. The number of rotatable bonds is 7. The first kappa shape index (κ1) is 22.4. The average Bonchev–Trinajstić information content (AvgIpc) is 3.18. The van der Waals surface area contributed by atoms with Gasteiger partial charge < -0.3 is 14.5 Å². The molecular weight excluding hydrogens is 440 g/mol. The topological polar surface area (TPSA) is 97.6 Å². The van der Waals surface area contributed by atoms with Crippen LogP contribution in [0.5, 0.6) is 5.75 Å². The number of carbonyl (C=O) groups excluding carboxylic acids is 1. The molecule has 0 bridgehead atoms. The van der Waals surface area contributed by atoms with Crippen LogP contribution in [0.2, 0.25) is 0 Å². The van der Waals surface area contributed by atoms with E-state index in [0.717, 1.165) is 22.1 Å². The lowest BCUT2D eigenvalue weighted by molar-refractivity contribution is -0.115. The first-order chi connectivity index (χ1) is 15.8. The van der Waals surface area contributed by atoms with Gasteiger partial charge in [0.1, 0.15) is 11.3 Å². The molecule has 1 heterocycles. The molecule has 0 saturated heterocycles. The van der Waals surface area contributed by atoms with Gasteiger partial charge in [0.2, 0.25) is 5.91 Å². The van der Waals surface area contributed by atoms with Crippen molar-refractivity contribution in [1.82, 2.24) is 0 Å². The van der Waals surface area contributed by atoms with Gasteiger partial charge in [-0.3, -0.25) is 9.52 Å². The van der Waals surface area contributed by atoms with Crippen LogP contribution in [-0.4, -0.2) is 21.4 Å². The third kappa shape index (κ3) is 4.85. The number of hydrogen-bond acceptors (Lipinski definition) is 5. The zero-order valence-electron chi connectivity index (χ0n) is 18.5. The van der Waals surface area contributed by atoms with E-state index in [9.17, 15) is 13.2 Å². The van der Waals surface area contributed by atoms with Crippen LogP contribution in [0.15, 0.2) is 76.2 Å². The lowest BCUT2D eigenvalue weighted by atomic mass is 10.1. The normalized spacial score (nSPS) is 11.4. The highest BCUT2D eigenvalue weighted by Crippen LogP contribution is 2.27. The molecule has 7 nitrogen and oxygen atoms in total. The molecule has 0 saturated carbocycles. The Kier molecular flexibility index (Phi) is 6.11. The standard InChI is InChI=1S/C25H24N2O5S/c1-16-5-4-6-17(2)25(16)27-33(29,30)21-10-7-19(8-11-21)26-24(28)13-18-15-32-23-14-20(31-3)9-12-22(18)23/h4-12,14-15,27H,13H2,1-3H3,(H,26,28). The Morgan fingerprint density at radius 2 is 1.70 bits per heavy atom. The number of para-hydroxylation sites is 1. The number of hydrogen-bond donors (Lipinski definition) is 2. The van der Waals surface area contributed by atoms with Crippen LogP contribution in [0.25, 0.3) is 11.0 Å². The van der Waals surface area contributed by atoms with Crippen molar-refractivity contribution in [2.75, 3.05) is 17.1 Å². The second-order valence-corrected chi connectivity index (χ2v) is 9.43. The number of furan rings is 1. The second-order valence-electron chi connectivity index (χ2n) is 7.74. The van der Waals surface area contributed by atoms with Crippen LogP contribution < -0.4 is 14.8 Å². The Hall–Kier alpha value is -3.78. The zero-order valence-corrected chi connectivity index (χ0v) is 19.3. The van der Waals surface area contributed by atoms with Gasteiger partial charge in [0.25, 0.3) is 10.0 Å². The molecule has 0 aliphatic carbocycles. The Labute approximate surface area is 192 Å². The molecule has 1 amide bonds. The fraction of sp³-hybridized carbons (Fsp3) is 0.160. The van der Waals surface area contributed by atoms with E-state index in [0.29, 0.717) is 22.7 Å². The van der Waals surface area contributed by atoms with Crippen LogP contribution in [0.4, 0.5) is 11.4 Å². The summed E-state index contributed by atoms with van der Waals surface area (Å²) in [5.41, 5.74) is 4.14. The molecule has 4 rings (SSSR count). The number of aryl methyl sites for hydroxylation is 2. The molecule has 0 aliphatic rings. The highest BCUT2D eigenvalue weighted by atomic mass is 32.2. The van der Waals surface area contributed by atoms with Crippen molar-refractivity contribution in [1.29, 1.82) is 0 Å². The molecule has 170 valence electrons. The number of amides is 1. The van der Waals surface area contributed by atoms with Gasteiger partial charge in [0.05, 0.1) is 30.4 Å². The summed E-state index contributed by atoms with van der Waals surface area (Å²) in [5.74, 6) is 0.438. The second kappa shape index (κ2) is 8.99. The predicted molar refractivity (Wildman–Crippen MR) is 128 cm³/mol. The average molecular weight is 465 g/mol.